The molecule has 0 fully saturated rings. The van der Waals surface area contributed by atoms with Gasteiger partial charge in [-0.25, -0.2) is 4.98 Å². The number of aryl methyl sites for hydroxylation is 1. The van der Waals surface area contributed by atoms with Crippen LogP contribution in [0.4, 0.5) is 11.5 Å². The molecule has 94 valence electrons. The molecule has 0 aliphatic rings. The van der Waals surface area contributed by atoms with E-state index in [1.54, 1.807) is 6.92 Å². The summed E-state index contributed by atoms with van der Waals surface area (Å²) in [4.78, 5) is 8.12. The number of nitrogen functional groups attached to an aromatic ring is 1. The van der Waals surface area contributed by atoms with Crippen LogP contribution in [0.25, 0.3) is 0 Å². The molecule has 0 spiro atoms. The molecule has 0 saturated carbocycles. The number of aromatic nitrogens is 2. The zero-order valence-corrected chi connectivity index (χ0v) is 11.1. The first-order chi connectivity index (χ1) is 8.58. The van der Waals surface area contributed by atoms with Crippen molar-refractivity contribution in [1.29, 1.82) is 0 Å². The van der Waals surface area contributed by atoms with Crippen molar-refractivity contribution in [2.24, 2.45) is 0 Å². The molecule has 2 aromatic rings. The van der Waals surface area contributed by atoms with Gasteiger partial charge in [0, 0.05) is 0 Å². The number of nitrogens with one attached hydrogen (secondary N) is 1. The largest absolute Gasteiger partial charge is 0.394 e. The summed E-state index contributed by atoms with van der Waals surface area (Å²) < 4.78 is 0. The molecule has 2 rings (SSSR count). The highest BCUT2D eigenvalue weighted by molar-refractivity contribution is 6.28. The van der Waals surface area contributed by atoms with Gasteiger partial charge in [0.25, 0.3) is 0 Å². The van der Waals surface area contributed by atoms with Gasteiger partial charge >= 0.3 is 0 Å². The number of benzene rings is 1. The molecule has 1 unspecified atom stereocenters. The average molecular weight is 263 g/mol. The maximum atomic E-state index is 5.93. The molecule has 1 aromatic carbocycles. The van der Waals surface area contributed by atoms with E-state index in [1.165, 1.54) is 0 Å². The highest BCUT2D eigenvalue weighted by Crippen LogP contribution is 2.25. The normalized spacial score (nSPS) is 12.2. The summed E-state index contributed by atoms with van der Waals surface area (Å²) in [5, 5.41) is 3.45. The SMILES string of the molecule is Cc1nc(Cl)nc(NC(C)c2ccccc2)c1N. The first-order valence-electron chi connectivity index (χ1n) is 5.69. The van der Waals surface area contributed by atoms with Crippen molar-refractivity contribution in [3.05, 3.63) is 46.9 Å². The number of hydrogen-bond donors (Lipinski definition) is 2. The zero-order valence-electron chi connectivity index (χ0n) is 10.3. The summed E-state index contributed by atoms with van der Waals surface area (Å²) in [7, 11) is 0. The third-order valence-electron chi connectivity index (χ3n) is 2.76. The first kappa shape index (κ1) is 12.6. The molecule has 1 aromatic heterocycles. The number of nitrogens with zero attached hydrogens (tertiary/aromatic N) is 2. The van der Waals surface area contributed by atoms with Gasteiger partial charge in [0.15, 0.2) is 5.82 Å². The van der Waals surface area contributed by atoms with Gasteiger partial charge < -0.3 is 11.1 Å². The van der Waals surface area contributed by atoms with Crippen LogP contribution in [0, 0.1) is 6.92 Å². The van der Waals surface area contributed by atoms with Crippen LogP contribution in [0.15, 0.2) is 30.3 Å². The van der Waals surface area contributed by atoms with E-state index in [-0.39, 0.29) is 11.3 Å². The van der Waals surface area contributed by atoms with Gasteiger partial charge in [-0.1, -0.05) is 30.3 Å². The summed E-state index contributed by atoms with van der Waals surface area (Å²) in [6, 6.07) is 10.2. The lowest BCUT2D eigenvalue weighted by molar-refractivity contribution is 0.871. The van der Waals surface area contributed by atoms with E-state index in [2.05, 4.69) is 15.3 Å². The Bertz CT molecular complexity index is 542. The van der Waals surface area contributed by atoms with Gasteiger partial charge in [-0.3, -0.25) is 0 Å². The minimum absolute atomic E-state index is 0.0962. The summed E-state index contributed by atoms with van der Waals surface area (Å²) in [6.45, 7) is 3.85. The monoisotopic (exact) mass is 262 g/mol. The molecule has 3 N–H and O–H groups in total. The Hall–Kier alpha value is -1.81. The van der Waals surface area contributed by atoms with Gasteiger partial charge in [-0.2, -0.15) is 4.98 Å². The van der Waals surface area contributed by atoms with Gasteiger partial charge in [-0.05, 0) is 31.0 Å². The Morgan fingerprint density at radius 2 is 1.89 bits per heavy atom. The first-order valence-corrected chi connectivity index (χ1v) is 6.07. The Balaban J connectivity index is 2.24. The molecular weight excluding hydrogens is 248 g/mol. The van der Waals surface area contributed by atoms with Gasteiger partial charge in [0.05, 0.1) is 17.4 Å². The van der Waals surface area contributed by atoms with E-state index in [4.69, 9.17) is 17.3 Å². The Kier molecular flexibility index (Phi) is 3.67. The predicted octanol–water partition coefficient (Wildman–Crippen LogP) is 3.19. The molecule has 5 heteroatoms. The van der Waals surface area contributed by atoms with Crippen molar-refractivity contribution < 1.29 is 0 Å². The minimum atomic E-state index is 0.0962. The smallest absolute Gasteiger partial charge is 0.224 e. The van der Waals surface area contributed by atoms with Gasteiger partial charge in [0.1, 0.15) is 0 Å². The van der Waals surface area contributed by atoms with E-state index in [0.29, 0.717) is 17.2 Å². The standard InChI is InChI=1S/C13H15ClN4/c1-8(10-6-4-3-5-7-10)16-12-11(15)9(2)17-13(14)18-12/h3-8H,15H2,1-2H3,(H,16,17,18). The average Bonchev–Trinajstić information content (AvgIpc) is 2.36. The number of anilines is 2. The second-order valence-corrected chi connectivity index (χ2v) is 4.46. The lowest BCUT2D eigenvalue weighted by Gasteiger charge is -2.17. The summed E-state index contributed by atoms with van der Waals surface area (Å²) >= 11 is 5.83. The van der Waals surface area contributed by atoms with Crippen LogP contribution in [-0.2, 0) is 0 Å². The van der Waals surface area contributed by atoms with Crippen LogP contribution >= 0.6 is 11.6 Å². The third kappa shape index (κ3) is 2.71. The molecule has 0 bridgehead atoms. The molecule has 18 heavy (non-hydrogen) atoms. The lowest BCUT2D eigenvalue weighted by Crippen LogP contribution is -2.11. The maximum Gasteiger partial charge on any atom is 0.224 e. The molecule has 0 aliphatic carbocycles. The van der Waals surface area contributed by atoms with Crippen molar-refractivity contribution in [2.75, 3.05) is 11.1 Å². The van der Waals surface area contributed by atoms with Crippen molar-refractivity contribution in [1.82, 2.24) is 9.97 Å². The van der Waals surface area contributed by atoms with Crippen LogP contribution in [-0.4, -0.2) is 9.97 Å². The summed E-state index contributed by atoms with van der Waals surface area (Å²) in [5.41, 5.74) is 8.30. The molecular formula is C13H15ClN4. The molecule has 0 radical (unpaired) electrons. The van der Waals surface area contributed by atoms with Crippen LogP contribution in [0.1, 0.15) is 24.2 Å². The third-order valence-corrected chi connectivity index (χ3v) is 2.93. The summed E-state index contributed by atoms with van der Waals surface area (Å²) in [5.74, 6) is 0.573. The van der Waals surface area contributed by atoms with E-state index in [9.17, 15) is 0 Å². The Labute approximate surface area is 111 Å². The van der Waals surface area contributed by atoms with Gasteiger partial charge in [0.2, 0.25) is 5.28 Å². The molecule has 0 amide bonds. The fraction of sp³-hybridized carbons (Fsp3) is 0.231. The molecule has 0 saturated heterocycles. The summed E-state index contributed by atoms with van der Waals surface area (Å²) in [6.07, 6.45) is 0. The molecule has 1 heterocycles. The van der Waals surface area contributed by atoms with E-state index >= 15 is 0 Å². The zero-order chi connectivity index (χ0) is 13.1. The van der Waals surface area contributed by atoms with Crippen LogP contribution in [0.3, 0.4) is 0 Å². The number of nitrogens with two attached hydrogens (primary N) is 1. The number of rotatable bonds is 3. The fourth-order valence-corrected chi connectivity index (χ4v) is 1.90. The highest BCUT2D eigenvalue weighted by atomic mass is 35.5. The molecule has 0 aliphatic heterocycles. The fourth-order valence-electron chi connectivity index (χ4n) is 1.69. The minimum Gasteiger partial charge on any atom is -0.394 e. The molecule has 4 nitrogen and oxygen atoms in total. The van der Waals surface area contributed by atoms with Crippen LogP contribution in [0.5, 0.6) is 0 Å². The number of hydrogen-bond acceptors (Lipinski definition) is 4. The number of halogens is 1. The van der Waals surface area contributed by atoms with Crippen LogP contribution < -0.4 is 11.1 Å². The maximum absolute atomic E-state index is 5.93. The Morgan fingerprint density at radius 3 is 2.56 bits per heavy atom. The van der Waals surface area contributed by atoms with E-state index in [1.807, 2.05) is 37.3 Å². The van der Waals surface area contributed by atoms with E-state index in [0.717, 1.165) is 5.56 Å². The second-order valence-electron chi connectivity index (χ2n) is 4.12. The highest BCUT2D eigenvalue weighted by Gasteiger charge is 2.11. The van der Waals surface area contributed by atoms with Crippen molar-refractivity contribution in [3.63, 3.8) is 0 Å². The van der Waals surface area contributed by atoms with Crippen molar-refractivity contribution in [3.8, 4) is 0 Å². The predicted molar refractivity (Wildman–Crippen MR) is 74.7 cm³/mol. The topological polar surface area (TPSA) is 63.8 Å². The molecule has 1 atom stereocenters. The second kappa shape index (κ2) is 5.23. The van der Waals surface area contributed by atoms with Crippen molar-refractivity contribution in [2.45, 2.75) is 19.9 Å². The van der Waals surface area contributed by atoms with Crippen molar-refractivity contribution >= 4 is 23.1 Å². The van der Waals surface area contributed by atoms with Crippen LogP contribution in [0.2, 0.25) is 5.28 Å². The van der Waals surface area contributed by atoms with Gasteiger partial charge in [-0.15, -0.1) is 0 Å². The quantitative estimate of drug-likeness (QED) is 0.834. The Morgan fingerprint density at radius 1 is 1.22 bits per heavy atom. The lowest BCUT2D eigenvalue weighted by atomic mass is 10.1. The van der Waals surface area contributed by atoms with E-state index < -0.39 is 0 Å².